The third-order valence-electron chi connectivity index (χ3n) is 2.95. The van der Waals surface area contributed by atoms with Gasteiger partial charge in [-0.05, 0) is 39.7 Å². The molecule has 0 heterocycles. The molecule has 1 atom stereocenters. The topological polar surface area (TPSA) is 29.5 Å². The third kappa shape index (κ3) is 3.59. The maximum Gasteiger partial charge on any atom is 0.141 e. The second-order valence-electron chi connectivity index (χ2n) is 4.36. The zero-order chi connectivity index (χ0) is 14.7. The summed E-state index contributed by atoms with van der Waals surface area (Å²) < 4.78 is 19.9. The molecule has 0 saturated carbocycles. The van der Waals surface area contributed by atoms with Gasteiger partial charge in [0.15, 0.2) is 0 Å². The fourth-order valence-corrected chi connectivity index (χ4v) is 2.79. The Balaban J connectivity index is 2.29. The Morgan fingerprint density at radius 2 is 2.00 bits per heavy atom. The zero-order valence-electron chi connectivity index (χ0n) is 10.7. The van der Waals surface area contributed by atoms with Crippen LogP contribution in [-0.4, -0.2) is 12.2 Å². The van der Waals surface area contributed by atoms with Crippen molar-refractivity contribution in [3.63, 3.8) is 0 Å². The van der Waals surface area contributed by atoms with Crippen LogP contribution in [0.3, 0.4) is 0 Å². The van der Waals surface area contributed by atoms with Gasteiger partial charge in [-0.3, -0.25) is 0 Å². The lowest BCUT2D eigenvalue weighted by atomic mass is 10.0. The predicted octanol–water partition coefficient (Wildman–Crippen LogP) is 4.64. The number of aliphatic hydroxyl groups is 1. The summed E-state index contributed by atoms with van der Waals surface area (Å²) in [5.41, 5.74) is 1.54. The van der Waals surface area contributed by atoms with Crippen molar-refractivity contribution in [1.82, 2.24) is 0 Å². The van der Waals surface area contributed by atoms with E-state index < -0.39 is 11.9 Å². The minimum atomic E-state index is -0.767. The molecule has 1 unspecified atom stereocenters. The number of rotatable bonds is 4. The molecule has 0 fully saturated rings. The molecule has 0 amide bonds. The summed E-state index contributed by atoms with van der Waals surface area (Å²) in [7, 11) is 1.46. The van der Waals surface area contributed by atoms with E-state index >= 15 is 0 Å². The van der Waals surface area contributed by atoms with E-state index in [1.54, 1.807) is 6.07 Å². The third-order valence-corrected chi connectivity index (χ3v) is 4.05. The zero-order valence-corrected chi connectivity index (χ0v) is 13.9. The molecule has 0 aliphatic rings. The second kappa shape index (κ2) is 6.70. The number of hydrogen-bond donors (Lipinski definition) is 1. The van der Waals surface area contributed by atoms with E-state index in [-0.39, 0.29) is 0 Å². The molecule has 0 spiro atoms. The van der Waals surface area contributed by atoms with Crippen LogP contribution in [0, 0.1) is 5.82 Å². The lowest BCUT2D eigenvalue weighted by Gasteiger charge is -2.16. The van der Waals surface area contributed by atoms with Crippen molar-refractivity contribution >= 4 is 31.9 Å². The first-order chi connectivity index (χ1) is 9.51. The van der Waals surface area contributed by atoms with Gasteiger partial charge in [-0.1, -0.05) is 28.1 Å². The number of aliphatic hydroxyl groups excluding tert-OH is 1. The number of halogens is 3. The molecular weight excluding hydrogens is 391 g/mol. The minimum Gasteiger partial charge on any atom is -0.496 e. The van der Waals surface area contributed by atoms with Crippen LogP contribution in [0.4, 0.5) is 4.39 Å². The van der Waals surface area contributed by atoms with Crippen molar-refractivity contribution in [3.8, 4) is 5.75 Å². The largest absolute Gasteiger partial charge is 0.496 e. The second-order valence-corrected chi connectivity index (χ2v) is 6.13. The van der Waals surface area contributed by atoms with Gasteiger partial charge in [-0.15, -0.1) is 0 Å². The number of benzene rings is 2. The molecule has 20 heavy (non-hydrogen) atoms. The highest BCUT2D eigenvalue weighted by Crippen LogP contribution is 2.32. The molecule has 0 aromatic heterocycles. The number of methoxy groups -OCH3 is 1. The monoisotopic (exact) mass is 402 g/mol. The van der Waals surface area contributed by atoms with Gasteiger partial charge in [0.2, 0.25) is 0 Å². The molecule has 2 aromatic carbocycles. The predicted molar refractivity (Wildman–Crippen MR) is 83.5 cm³/mol. The van der Waals surface area contributed by atoms with E-state index in [9.17, 15) is 9.50 Å². The molecule has 2 rings (SSSR count). The van der Waals surface area contributed by atoms with Crippen LogP contribution in [0.5, 0.6) is 5.75 Å². The molecule has 2 nitrogen and oxygen atoms in total. The van der Waals surface area contributed by atoms with Crippen LogP contribution in [0.2, 0.25) is 0 Å². The summed E-state index contributed by atoms with van der Waals surface area (Å²) >= 11 is 6.52. The molecule has 106 valence electrons. The normalized spacial score (nSPS) is 12.2. The molecule has 0 bridgehead atoms. The van der Waals surface area contributed by atoms with Crippen molar-refractivity contribution in [2.45, 2.75) is 12.5 Å². The van der Waals surface area contributed by atoms with Gasteiger partial charge in [0.25, 0.3) is 0 Å². The van der Waals surface area contributed by atoms with E-state index in [0.717, 1.165) is 10.0 Å². The number of ether oxygens (including phenoxy) is 1. The molecule has 0 radical (unpaired) electrons. The van der Waals surface area contributed by atoms with Crippen molar-refractivity contribution in [3.05, 3.63) is 62.3 Å². The number of hydrogen-bond acceptors (Lipinski definition) is 2. The standard InChI is InChI=1S/C15H13Br2FO2/c1-20-15-8-13(18)12(17)7-11(15)14(19)6-9-3-2-4-10(16)5-9/h2-5,7-8,14,19H,6H2,1H3. The fourth-order valence-electron chi connectivity index (χ4n) is 1.98. The minimum absolute atomic E-state index is 0.307. The van der Waals surface area contributed by atoms with Crippen LogP contribution >= 0.6 is 31.9 Å². The molecule has 5 heteroatoms. The molecular formula is C15H13Br2FO2. The van der Waals surface area contributed by atoms with Gasteiger partial charge in [-0.2, -0.15) is 0 Å². The molecule has 2 aromatic rings. The quantitative estimate of drug-likeness (QED) is 0.805. The van der Waals surface area contributed by atoms with E-state index in [1.807, 2.05) is 24.3 Å². The van der Waals surface area contributed by atoms with Crippen molar-refractivity contribution in [1.29, 1.82) is 0 Å². The van der Waals surface area contributed by atoms with E-state index in [2.05, 4.69) is 31.9 Å². The van der Waals surface area contributed by atoms with Crippen LogP contribution < -0.4 is 4.74 Å². The van der Waals surface area contributed by atoms with Crippen molar-refractivity contribution in [2.24, 2.45) is 0 Å². The average Bonchev–Trinajstić information content (AvgIpc) is 2.41. The lowest BCUT2D eigenvalue weighted by Crippen LogP contribution is -2.05. The van der Waals surface area contributed by atoms with Gasteiger partial charge in [0.05, 0.1) is 17.7 Å². The van der Waals surface area contributed by atoms with Gasteiger partial charge in [-0.25, -0.2) is 4.39 Å². The summed E-state index contributed by atoms with van der Waals surface area (Å²) in [6, 6.07) is 10.5. The maximum absolute atomic E-state index is 13.5. The Morgan fingerprint density at radius 1 is 1.25 bits per heavy atom. The van der Waals surface area contributed by atoms with E-state index in [0.29, 0.717) is 22.2 Å². The summed E-state index contributed by atoms with van der Waals surface area (Å²) in [5, 5.41) is 10.4. The maximum atomic E-state index is 13.5. The summed E-state index contributed by atoms with van der Waals surface area (Å²) in [4.78, 5) is 0. The SMILES string of the molecule is COc1cc(F)c(Br)cc1C(O)Cc1cccc(Br)c1. The average molecular weight is 404 g/mol. The molecule has 0 aliphatic heterocycles. The Bertz CT molecular complexity index is 617. The molecule has 1 N–H and O–H groups in total. The first-order valence-electron chi connectivity index (χ1n) is 5.96. The van der Waals surface area contributed by atoms with Crippen molar-refractivity contribution < 1.29 is 14.2 Å². The van der Waals surface area contributed by atoms with Gasteiger partial charge >= 0.3 is 0 Å². The Morgan fingerprint density at radius 3 is 2.65 bits per heavy atom. The highest BCUT2D eigenvalue weighted by molar-refractivity contribution is 9.10. The van der Waals surface area contributed by atoms with E-state index in [1.165, 1.54) is 13.2 Å². The Kier molecular flexibility index (Phi) is 5.18. The smallest absolute Gasteiger partial charge is 0.141 e. The fraction of sp³-hybridized carbons (Fsp3) is 0.200. The summed E-state index contributed by atoms with van der Waals surface area (Å²) in [6.45, 7) is 0. The lowest BCUT2D eigenvalue weighted by molar-refractivity contribution is 0.173. The van der Waals surface area contributed by atoms with Crippen LogP contribution in [-0.2, 0) is 6.42 Å². The van der Waals surface area contributed by atoms with Gasteiger partial charge < -0.3 is 9.84 Å². The van der Waals surface area contributed by atoms with Crippen LogP contribution in [0.25, 0.3) is 0 Å². The van der Waals surface area contributed by atoms with Gasteiger partial charge in [0, 0.05) is 22.5 Å². The van der Waals surface area contributed by atoms with Crippen LogP contribution in [0.15, 0.2) is 45.3 Å². The highest BCUT2D eigenvalue weighted by Gasteiger charge is 2.17. The van der Waals surface area contributed by atoms with Crippen molar-refractivity contribution in [2.75, 3.05) is 7.11 Å². The first-order valence-corrected chi connectivity index (χ1v) is 7.55. The summed E-state index contributed by atoms with van der Waals surface area (Å²) in [5.74, 6) is -0.0755. The Hall–Kier alpha value is -0.910. The molecule has 0 saturated heterocycles. The first kappa shape index (κ1) is 15.5. The molecule has 0 aliphatic carbocycles. The Labute approximate surface area is 133 Å². The van der Waals surface area contributed by atoms with Gasteiger partial charge in [0.1, 0.15) is 11.6 Å². The summed E-state index contributed by atoms with van der Waals surface area (Å²) in [6.07, 6.45) is -0.343. The van der Waals surface area contributed by atoms with Crippen LogP contribution in [0.1, 0.15) is 17.2 Å². The highest BCUT2D eigenvalue weighted by atomic mass is 79.9. The van der Waals surface area contributed by atoms with E-state index in [4.69, 9.17) is 4.74 Å².